The maximum Gasteiger partial charge on any atom is 0.416 e. The molecule has 1 aliphatic heterocycles. The highest BCUT2D eigenvalue weighted by Gasteiger charge is 2.32. The van der Waals surface area contributed by atoms with Crippen LogP contribution in [-0.4, -0.2) is 44.8 Å². The maximum absolute atomic E-state index is 13.0. The van der Waals surface area contributed by atoms with E-state index in [2.05, 4.69) is 5.32 Å². The van der Waals surface area contributed by atoms with Crippen LogP contribution in [0.2, 0.25) is 0 Å². The molecule has 0 saturated carbocycles. The number of ether oxygens (including phenoxy) is 2. The molecule has 9 heteroatoms. The molecule has 6 nitrogen and oxygen atoms in total. The van der Waals surface area contributed by atoms with Crippen LogP contribution in [0.5, 0.6) is 0 Å². The quantitative estimate of drug-likeness (QED) is 0.636. The van der Waals surface area contributed by atoms with Gasteiger partial charge in [0.25, 0.3) is 5.91 Å². The molecular formula is C17H19F3N2O4. The van der Waals surface area contributed by atoms with Gasteiger partial charge in [0.2, 0.25) is 0 Å². The van der Waals surface area contributed by atoms with Gasteiger partial charge in [-0.3, -0.25) is 4.79 Å². The first-order chi connectivity index (χ1) is 12.3. The highest BCUT2D eigenvalue weighted by molar-refractivity contribution is 5.96. The molecule has 0 radical (unpaired) electrons. The fourth-order valence-corrected chi connectivity index (χ4v) is 2.40. The smallest absolute Gasteiger partial charge is 0.416 e. The van der Waals surface area contributed by atoms with Crippen molar-refractivity contribution in [2.75, 3.05) is 43.1 Å². The number of allylic oxidation sites excluding steroid dienone is 1. The lowest BCUT2D eigenvalue weighted by Crippen LogP contribution is -2.37. The lowest BCUT2D eigenvalue weighted by Gasteiger charge is -2.31. The van der Waals surface area contributed by atoms with Crippen molar-refractivity contribution < 1.29 is 32.2 Å². The molecule has 26 heavy (non-hydrogen) atoms. The molecule has 0 aromatic heterocycles. The number of rotatable bonds is 5. The molecule has 1 N–H and O–H groups in total. The van der Waals surface area contributed by atoms with Crippen LogP contribution < -0.4 is 10.2 Å². The first kappa shape index (κ1) is 19.8. The van der Waals surface area contributed by atoms with Crippen LogP contribution in [0, 0.1) is 0 Å². The second-order valence-corrected chi connectivity index (χ2v) is 5.48. The molecule has 142 valence electrons. The Bertz CT molecular complexity index is 683. The van der Waals surface area contributed by atoms with Gasteiger partial charge >= 0.3 is 12.1 Å². The van der Waals surface area contributed by atoms with E-state index < -0.39 is 30.2 Å². The molecule has 0 bridgehead atoms. The Morgan fingerprint density at radius 2 is 2.00 bits per heavy atom. The van der Waals surface area contributed by atoms with Crippen LogP contribution in [0.15, 0.2) is 30.4 Å². The van der Waals surface area contributed by atoms with Gasteiger partial charge in [0.05, 0.1) is 30.2 Å². The number of amides is 1. The van der Waals surface area contributed by atoms with E-state index >= 15 is 0 Å². The van der Waals surface area contributed by atoms with Gasteiger partial charge < -0.3 is 19.7 Å². The number of carbonyl (C=O) groups excluding carboxylic acids is 2. The second-order valence-electron chi connectivity index (χ2n) is 5.48. The van der Waals surface area contributed by atoms with Gasteiger partial charge in [-0.2, -0.15) is 13.2 Å². The summed E-state index contributed by atoms with van der Waals surface area (Å²) in [5.74, 6) is -1.43. The van der Waals surface area contributed by atoms with Crippen molar-refractivity contribution in [1.82, 2.24) is 0 Å². The van der Waals surface area contributed by atoms with E-state index in [0.717, 1.165) is 18.2 Å². The van der Waals surface area contributed by atoms with Crippen molar-refractivity contribution in [3.05, 3.63) is 35.9 Å². The van der Waals surface area contributed by atoms with E-state index in [9.17, 15) is 22.8 Å². The topological polar surface area (TPSA) is 67.9 Å². The zero-order chi connectivity index (χ0) is 19.2. The van der Waals surface area contributed by atoms with Gasteiger partial charge in [0, 0.05) is 19.2 Å². The third kappa shape index (κ3) is 5.48. The number of alkyl halides is 3. The lowest BCUT2D eigenvalue weighted by atomic mass is 10.1. The van der Waals surface area contributed by atoms with E-state index in [1.54, 1.807) is 6.92 Å². The largest absolute Gasteiger partial charge is 0.452 e. The number of halogens is 3. The molecule has 0 unspecified atom stereocenters. The summed E-state index contributed by atoms with van der Waals surface area (Å²) in [4.78, 5) is 25.0. The average Bonchev–Trinajstić information content (AvgIpc) is 2.60. The molecule has 0 aliphatic carbocycles. The number of morpholine rings is 1. The second kappa shape index (κ2) is 8.70. The minimum atomic E-state index is -4.54. The molecule has 1 fully saturated rings. The highest BCUT2D eigenvalue weighted by atomic mass is 19.4. The van der Waals surface area contributed by atoms with Crippen LogP contribution in [0.25, 0.3) is 0 Å². The molecule has 1 heterocycles. The number of carbonyl (C=O) groups is 2. The van der Waals surface area contributed by atoms with Crippen LogP contribution in [0.3, 0.4) is 0 Å². The standard InChI is InChI=1S/C17H19F3N2O4/c1-2-3-16(24)26-11-15(23)21-13-10-12(17(18,19)20)4-5-14(13)22-6-8-25-9-7-22/h2-5,10H,6-9,11H2,1H3,(H,21,23). The highest BCUT2D eigenvalue weighted by Crippen LogP contribution is 2.35. The van der Waals surface area contributed by atoms with E-state index in [1.807, 2.05) is 4.90 Å². The van der Waals surface area contributed by atoms with Gasteiger partial charge in [0.15, 0.2) is 6.61 Å². The molecule has 1 saturated heterocycles. The number of nitrogens with zero attached hydrogens (tertiary/aromatic N) is 1. The summed E-state index contributed by atoms with van der Waals surface area (Å²) in [6, 6.07) is 3.15. The molecule has 1 aromatic carbocycles. The number of esters is 1. The zero-order valence-electron chi connectivity index (χ0n) is 14.1. The van der Waals surface area contributed by atoms with Gasteiger partial charge in [-0.25, -0.2) is 4.79 Å². The minimum Gasteiger partial charge on any atom is -0.452 e. The Balaban J connectivity index is 2.19. The molecule has 0 spiro atoms. The number of benzene rings is 1. The summed E-state index contributed by atoms with van der Waals surface area (Å²) < 4.78 is 48.9. The average molecular weight is 372 g/mol. The third-order valence-corrected chi connectivity index (χ3v) is 3.60. The third-order valence-electron chi connectivity index (χ3n) is 3.60. The number of hydrogen-bond acceptors (Lipinski definition) is 5. The summed E-state index contributed by atoms with van der Waals surface area (Å²) in [6.07, 6.45) is -1.96. The summed E-state index contributed by atoms with van der Waals surface area (Å²) in [5, 5.41) is 2.40. The van der Waals surface area contributed by atoms with Crippen molar-refractivity contribution in [1.29, 1.82) is 0 Å². The zero-order valence-corrected chi connectivity index (χ0v) is 14.1. The van der Waals surface area contributed by atoms with Gasteiger partial charge in [0.1, 0.15) is 0 Å². The summed E-state index contributed by atoms with van der Waals surface area (Å²) in [6.45, 7) is 2.88. The van der Waals surface area contributed by atoms with Crippen molar-refractivity contribution in [3.63, 3.8) is 0 Å². The summed E-state index contributed by atoms with van der Waals surface area (Å²) in [5.41, 5.74) is -0.418. The Morgan fingerprint density at radius 3 is 2.62 bits per heavy atom. The van der Waals surface area contributed by atoms with Crippen molar-refractivity contribution >= 4 is 23.3 Å². The molecule has 1 amide bonds. The van der Waals surface area contributed by atoms with Crippen molar-refractivity contribution in [3.8, 4) is 0 Å². The van der Waals surface area contributed by atoms with Crippen LogP contribution in [0.1, 0.15) is 12.5 Å². The van der Waals surface area contributed by atoms with Crippen molar-refractivity contribution in [2.24, 2.45) is 0 Å². The summed E-state index contributed by atoms with van der Waals surface area (Å²) >= 11 is 0. The van der Waals surface area contributed by atoms with E-state index in [0.29, 0.717) is 32.0 Å². The van der Waals surface area contributed by atoms with E-state index in [4.69, 9.17) is 9.47 Å². The van der Waals surface area contributed by atoms with E-state index in [-0.39, 0.29) is 5.69 Å². The number of hydrogen-bond donors (Lipinski definition) is 1. The summed E-state index contributed by atoms with van der Waals surface area (Å²) in [7, 11) is 0. The number of anilines is 2. The Labute approximate surface area is 148 Å². The predicted molar refractivity (Wildman–Crippen MR) is 88.9 cm³/mol. The molecule has 2 rings (SSSR count). The Hall–Kier alpha value is -2.55. The monoisotopic (exact) mass is 372 g/mol. The van der Waals surface area contributed by atoms with Gasteiger partial charge in [-0.05, 0) is 25.1 Å². The van der Waals surface area contributed by atoms with Crippen molar-refractivity contribution in [2.45, 2.75) is 13.1 Å². The fraction of sp³-hybridized carbons (Fsp3) is 0.412. The van der Waals surface area contributed by atoms with Gasteiger partial charge in [-0.15, -0.1) is 0 Å². The maximum atomic E-state index is 13.0. The first-order valence-electron chi connectivity index (χ1n) is 7.94. The predicted octanol–water partition coefficient (Wildman–Crippen LogP) is 2.60. The van der Waals surface area contributed by atoms with Gasteiger partial charge in [-0.1, -0.05) is 6.08 Å². The minimum absolute atomic E-state index is 0.00816. The SMILES string of the molecule is CC=CC(=O)OCC(=O)Nc1cc(C(F)(F)F)ccc1N1CCOCC1. The van der Waals surface area contributed by atoms with E-state index in [1.165, 1.54) is 12.1 Å². The molecule has 1 aromatic rings. The lowest BCUT2D eigenvalue weighted by molar-refractivity contribution is -0.142. The number of nitrogens with one attached hydrogen (secondary N) is 1. The molecular weight excluding hydrogens is 353 g/mol. The normalized spacial score (nSPS) is 15.2. The first-order valence-corrected chi connectivity index (χ1v) is 7.94. The Kier molecular flexibility index (Phi) is 6.62. The Morgan fingerprint density at radius 1 is 1.31 bits per heavy atom. The fourth-order valence-electron chi connectivity index (χ4n) is 2.40. The molecule has 0 atom stereocenters. The van der Waals surface area contributed by atoms with Crippen LogP contribution in [0.4, 0.5) is 24.5 Å². The van der Waals surface area contributed by atoms with Crippen LogP contribution >= 0.6 is 0 Å². The van der Waals surface area contributed by atoms with Crippen LogP contribution in [-0.2, 0) is 25.2 Å². The molecule has 1 aliphatic rings.